The van der Waals surface area contributed by atoms with Crippen LogP contribution < -0.4 is 4.90 Å². The summed E-state index contributed by atoms with van der Waals surface area (Å²) in [4.78, 5) is 2.71. The summed E-state index contributed by atoms with van der Waals surface area (Å²) in [5.74, 6) is 3.79. The van der Waals surface area contributed by atoms with Gasteiger partial charge in [0.2, 0.25) is 0 Å². The lowest BCUT2D eigenvalue weighted by Gasteiger charge is -2.35. The Balaban J connectivity index is 1.15. The molecule has 3 atom stereocenters. The molecule has 3 unspecified atom stereocenters. The van der Waals surface area contributed by atoms with Gasteiger partial charge < -0.3 is 4.90 Å². The Morgan fingerprint density at radius 2 is 1.19 bits per heavy atom. The first kappa shape index (κ1) is 35.5. The van der Waals surface area contributed by atoms with Crippen LogP contribution in [0.15, 0.2) is 121 Å². The van der Waals surface area contributed by atoms with Crippen molar-refractivity contribution in [3.05, 3.63) is 149 Å². The van der Waals surface area contributed by atoms with E-state index in [4.69, 9.17) is 0 Å². The number of hydrogen-bond donors (Lipinski definition) is 0. The SMILES string of the molecule is CC1(C)c2ccccc2-c2ccc(N(c3ccc(C4CC5CCC4C5)cc3)c3cc4ccccc4cc3C3CCCCC3)c(-c3ccc(C4CCCCC4)cc3)c21. The summed E-state index contributed by atoms with van der Waals surface area (Å²) < 4.78 is 0. The number of hydrogen-bond acceptors (Lipinski definition) is 1. The maximum atomic E-state index is 2.71. The molecule has 0 saturated heterocycles. The molecule has 0 heterocycles. The number of anilines is 3. The lowest BCUT2D eigenvalue weighted by atomic mass is 9.77. The molecule has 1 nitrogen and oxygen atoms in total. The summed E-state index contributed by atoms with van der Waals surface area (Å²) in [6, 6.07) is 48.3. The Morgan fingerprint density at radius 3 is 1.89 bits per heavy atom. The molecule has 5 aliphatic carbocycles. The second kappa shape index (κ2) is 14.3. The molecule has 1 heteroatoms. The summed E-state index contributed by atoms with van der Waals surface area (Å²) in [5, 5.41) is 2.68. The highest BCUT2D eigenvalue weighted by atomic mass is 15.1. The molecule has 4 fully saturated rings. The summed E-state index contributed by atoms with van der Waals surface area (Å²) in [6.45, 7) is 4.94. The minimum atomic E-state index is -0.147. The fourth-order valence-electron chi connectivity index (χ4n) is 12.8. The van der Waals surface area contributed by atoms with Gasteiger partial charge in [-0.3, -0.25) is 0 Å². The first-order chi connectivity index (χ1) is 28.0. The monoisotopic (exact) mass is 745 g/mol. The van der Waals surface area contributed by atoms with Gasteiger partial charge in [0.1, 0.15) is 0 Å². The van der Waals surface area contributed by atoms with Gasteiger partial charge in [-0.1, -0.05) is 150 Å². The van der Waals surface area contributed by atoms with Gasteiger partial charge in [0, 0.05) is 16.7 Å². The van der Waals surface area contributed by atoms with E-state index in [1.165, 1.54) is 162 Å². The molecule has 5 aliphatic rings. The lowest BCUT2D eigenvalue weighted by molar-refractivity contribution is 0.420. The quantitative estimate of drug-likeness (QED) is 0.157. The molecular formula is C56H59N. The van der Waals surface area contributed by atoms with Gasteiger partial charge in [-0.05, 0) is 160 Å². The number of benzene rings is 6. The highest BCUT2D eigenvalue weighted by molar-refractivity contribution is 5.99. The van der Waals surface area contributed by atoms with Crippen molar-refractivity contribution in [1.82, 2.24) is 0 Å². The Bertz CT molecular complexity index is 2420. The third kappa shape index (κ3) is 6.09. The smallest absolute Gasteiger partial charge is 0.0543 e. The molecule has 11 rings (SSSR count). The molecule has 288 valence electrons. The van der Waals surface area contributed by atoms with E-state index in [2.05, 4.69) is 140 Å². The van der Waals surface area contributed by atoms with Crippen LogP contribution in [0.2, 0.25) is 0 Å². The molecule has 0 N–H and O–H groups in total. The molecular weight excluding hydrogens is 687 g/mol. The van der Waals surface area contributed by atoms with Crippen LogP contribution in [-0.4, -0.2) is 0 Å². The van der Waals surface area contributed by atoms with E-state index in [1.54, 1.807) is 5.56 Å². The predicted molar refractivity (Wildman–Crippen MR) is 241 cm³/mol. The van der Waals surface area contributed by atoms with Gasteiger partial charge in [-0.25, -0.2) is 0 Å². The molecule has 57 heavy (non-hydrogen) atoms. The first-order valence-electron chi connectivity index (χ1n) is 22.8. The predicted octanol–water partition coefficient (Wildman–Crippen LogP) is 16.3. The van der Waals surface area contributed by atoms with Crippen LogP contribution in [0.3, 0.4) is 0 Å². The fraction of sp³-hybridized carbons (Fsp3) is 0.393. The molecule has 2 bridgehead atoms. The zero-order valence-corrected chi connectivity index (χ0v) is 34.3. The molecule has 0 spiro atoms. The van der Waals surface area contributed by atoms with Crippen molar-refractivity contribution in [3.63, 3.8) is 0 Å². The van der Waals surface area contributed by atoms with E-state index >= 15 is 0 Å². The zero-order valence-electron chi connectivity index (χ0n) is 34.3. The lowest BCUT2D eigenvalue weighted by Crippen LogP contribution is -2.20. The maximum absolute atomic E-state index is 2.71. The van der Waals surface area contributed by atoms with E-state index in [9.17, 15) is 0 Å². The molecule has 0 radical (unpaired) electrons. The number of nitrogens with zero attached hydrogens (tertiary/aromatic N) is 1. The second-order valence-electron chi connectivity index (χ2n) is 19.3. The normalized spacial score (nSPS) is 22.8. The topological polar surface area (TPSA) is 3.24 Å². The van der Waals surface area contributed by atoms with Gasteiger partial charge >= 0.3 is 0 Å². The van der Waals surface area contributed by atoms with Crippen molar-refractivity contribution in [3.8, 4) is 22.3 Å². The maximum Gasteiger partial charge on any atom is 0.0543 e. The largest absolute Gasteiger partial charge is 0.310 e. The van der Waals surface area contributed by atoms with Gasteiger partial charge in [0.15, 0.2) is 0 Å². The van der Waals surface area contributed by atoms with E-state index in [0.29, 0.717) is 11.8 Å². The van der Waals surface area contributed by atoms with Crippen LogP contribution >= 0.6 is 0 Å². The zero-order chi connectivity index (χ0) is 38.1. The van der Waals surface area contributed by atoms with Crippen molar-refractivity contribution in [2.75, 3.05) is 4.90 Å². The van der Waals surface area contributed by atoms with E-state index in [-0.39, 0.29) is 5.41 Å². The number of fused-ring (bicyclic) bond motifs is 6. The molecule has 0 aromatic heterocycles. The standard InChI is InChI=1S/C56H59N/c1-56(2)51-20-12-11-19-47(51)48-31-32-52(54(55(48)56)42-25-23-39(24-26-42)38-13-5-3-6-14-38)57(46-29-27-41(28-30-46)49-34-37-21-22-45(49)33-37)53-36-44-18-10-9-17-43(44)35-50(53)40-15-7-4-8-16-40/h9-12,17-20,23-32,35-38,40,45,49H,3-8,13-16,21-22,33-34H2,1-2H3. The molecule has 4 saturated carbocycles. The van der Waals surface area contributed by atoms with Crippen LogP contribution in [0.5, 0.6) is 0 Å². The van der Waals surface area contributed by atoms with Crippen molar-refractivity contribution < 1.29 is 0 Å². The summed E-state index contributed by atoms with van der Waals surface area (Å²) in [6.07, 6.45) is 19.0. The Morgan fingerprint density at radius 1 is 0.526 bits per heavy atom. The fourth-order valence-corrected chi connectivity index (χ4v) is 12.8. The van der Waals surface area contributed by atoms with Crippen LogP contribution in [0.4, 0.5) is 17.1 Å². The van der Waals surface area contributed by atoms with Gasteiger partial charge in [-0.15, -0.1) is 0 Å². The third-order valence-corrected chi connectivity index (χ3v) is 15.7. The number of rotatable bonds is 7. The van der Waals surface area contributed by atoms with Crippen molar-refractivity contribution in [2.45, 2.75) is 127 Å². The minimum Gasteiger partial charge on any atom is -0.310 e. The van der Waals surface area contributed by atoms with E-state index in [1.807, 2.05) is 0 Å². The van der Waals surface area contributed by atoms with Gasteiger partial charge in [-0.2, -0.15) is 0 Å². The van der Waals surface area contributed by atoms with Crippen LogP contribution in [0, 0.1) is 11.8 Å². The summed E-state index contributed by atoms with van der Waals surface area (Å²) in [5.41, 5.74) is 16.8. The van der Waals surface area contributed by atoms with Gasteiger partial charge in [0.25, 0.3) is 0 Å². The molecule has 0 amide bonds. The molecule has 0 aliphatic heterocycles. The van der Waals surface area contributed by atoms with Crippen LogP contribution in [0.25, 0.3) is 33.0 Å². The molecule has 6 aromatic carbocycles. The third-order valence-electron chi connectivity index (χ3n) is 15.7. The minimum absolute atomic E-state index is 0.147. The van der Waals surface area contributed by atoms with Crippen molar-refractivity contribution in [1.29, 1.82) is 0 Å². The van der Waals surface area contributed by atoms with E-state index in [0.717, 1.165) is 17.8 Å². The summed E-state index contributed by atoms with van der Waals surface area (Å²) >= 11 is 0. The van der Waals surface area contributed by atoms with Crippen molar-refractivity contribution >= 4 is 27.8 Å². The van der Waals surface area contributed by atoms with E-state index < -0.39 is 0 Å². The Hall–Kier alpha value is -4.62. The second-order valence-corrected chi connectivity index (χ2v) is 19.3. The van der Waals surface area contributed by atoms with Gasteiger partial charge in [0.05, 0.1) is 11.4 Å². The first-order valence-corrected chi connectivity index (χ1v) is 22.8. The molecule has 6 aromatic rings. The average Bonchev–Trinajstić information content (AvgIpc) is 3.97. The Kier molecular flexibility index (Phi) is 8.94. The highest BCUT2D eigenvalue weighted by Gasteiger charge is 2.41. The Labute approximate surface area is 341 Å². The average molecular weight is 746 g/mol. The van der Waals surface area contributed by atoms with Crippen molar-refractivity contribution in [2.24, 2.45) is 11.8 Å². The van der Waals surface area contributed by atoms with Crippen LogP contribution in [0.1, 0.15) is 149 Å². The summed E-state index contributed by atoms with van der Waals surface area (Å²) in [7, 11) is 0. The van der Waals surface area contributed by atoms with Crippen LogP contribution in [-0.2, 0) is 5.41 Å². The highest BCUT2D eigenvalue weighted by Crippen LogP contribution is 2.58.